The SMILES string of the molecule is CCOc1ccc2c(c1)C(=O)C(C#N)C=N2. The predicted octanol–water partition coefficient (Wildman–Crippen LogP) is 2.12. The second-order valence-corrected chi connectivity index (χ2v) is 3.36. The number of carbonyl (C=O) groups is 1. The summed E-state index contributed by atoms with van der Waals surface area (Å²) in [5.41, 5.74) is 1.06. The van der Waals surface area contributed by atoms with Crippen molar-refractivity contribution in [3.63, 3.8) is 0 Å². The summed E-state index contributed by atoms with van der Waals surface area (Å²) < 4.78 is 5.30. The topological polar surface area (TPSA) is 62.5 Å². The molecule has 1 atom stereocenters. The molecule has 0 saturated heterocycles. The number of ketones is 1. The summed E-state index contributed by atoms with van der Waals surface area (Å²) in [6.07, 6.45) is 1.38. The Balaban J connectivity index is 2.43. The lowest BCUT2D eigenvalue weighted by Gasteiger charge is -2.13. The van der Waals surface area contributed by atoms with Crippen LogP contribution in [-0.4, -0.2) is 18.6 Å². The Kier molecular flexibility index (Phi) is 2.69. The Morgan fingerprint density at radius 1 is 1.56 bits per heavy atom. The van der Waals surface area contributed by atoms with Gasteiger partial charge in [-0.2, -0.15) is 5.26 Å². The van der Waals surface area contributed by atoms with E-state index in [4.69, 9.17) is 10.00 Å². The summed E-state index contributed by atoms with van der Waals surface area (Å²) in [4.78, 5) is 15.9. The Morgan fingerprint density at radius 3 is 3.06 bits per heavy atom. The van der Waals surface area contributed by atoms with E-state index in [1.54, 1.807) is 18.2 Å². The molecule has 0 fully saturated rings. The van der Waals surface area contributed by atoms with Crippen LogP contribution in [-0.2, 0) is 0 Å². The first-order valence-corrected chi connectivity index (χ1v) is 5.01. The maximum atomic E-state index is 11.8. The minimum atomic E-state index is -0.774. The molecule has 0 aliphatic carbocycles. The number of hydrogen-bond acceptors (Lipinski definition) is 4. The zero-order chi connectivity index (χ0) is 11.5. The summed E-state index contributed by atoms with van der Waals surface area (Å²) in [6, 6.07) is 7.04. The normalized spacial score (nSPS) is 17.8. The van der Waals surface area contributed by atoms with Crippen molar-refractivity contribution in [2.24, 2.45) is 10.9 Å². The van der Waals surface area contributed by atoms with Crippen LogP contribution in [0.4, 0.5) is 5.69 Å². The molecule has 0 saturated carbocycles. The number of fused-ring (bicyclic) bond motifs is 1. The molecule has 2 rings (SSSR count). The second kappa shape index (κ2) is 4.15. The lowest BCUT2D eigenvalue weighted by molar-refractivity contribution is 0.0975. The molecule has 0 spiro atoms. The van der Waals surface area contributed by atoms with Crippen LogP contribution < -0.4 is 4.74 Å². The van der Waals surface area contributed by atoms with E-state index < -0.39 is 5.92 Å². The molecule has 80 valence electrons. The lowest BCUT2D eigenvalue weighted by atomic mass is 9.96. The highest BCUT2D eigenvalue weighted by Gasteiger charge is 2.24. The third kappa shape index (κ3) is 1.68. The monoisotopic (exact) mass is 214 g/mol. The first-order chi connectivity index (χ1) is 7.76. The molecule has 1 aromatic rings. The van der Waals surface area contributed by atoms with Crippen LogP contribution in [0.15, 0.2) is 23.2 Å². The van der Waals surface area contributed by atoms with Gasteiger partial charge in [0.05, 0.1) is 18.4 Å². The van der Waals surface area contributed by atoms with Crippen LogP contribution in [0.3, 0.4) is 0 Å². The number of aliphatic imine (C=N–C) groups is 1. The van der Waals surface area contributed by atoms with Gasteiger partial charge >= 0.3 is 0 Å². The molecule has 1 unspecified atom stereocenters. The van der Waals surface area contributed by atoms with Crippen molar-refractivity contribution in [2.75, 3.05) is 6.61 Å². The number of Topliss-reactive ketones (excluding diaryl/α,β-unsaturated/α-hetero) is 1. The number of nitriles is 1. The van der Waals surface area contributed by atoms with Gasteiger partial charge in [-0.3, -0.25) is 9.79 Å². The van der Waals surface area contributed by atoms with Gasteiger partial charge in [0.25, 0.3) is 0 Å². The lowest BCUT2D eigenvalue weighted by Crippen LogP contribution is -2.17. The Morgan fingerprint density at radius 2 is 2.38 bits per heavy atom. The van der Waals surface area contributed by atoms with Crippen molar-refractivity contribution >= 4 is 17.7 Å². The van der Waals surface area contributed by atoms with E-state index in [0.717, 1.165) is 0 Å². The Hall–Kier alpha value is -2.15. The van der Waals surface area contributed by atoms with Crippen LogP contribution in [0.5, 0.6) is 5.75 Å². The number of ether oxygens (including phenoxy) is 1. The fourth-order valence-corrected chi connectivity index (χ4v) is 1.56. The van der Waals surface area contributed by atoms with E-state index in [0.29, 0.717) is 23.6 Å². The van der Waals surface area contributed by atoms with E-state index in [2.05, 4.69) is 4.99 Å². The standard InChI is InChI=1S/C12H10N2O2/c1-2-16-9-3-4-11-10(5-9)12(15)8(6-13)7-14-11/h3-5,7-8H,2H2,1H3. The molecule has 1 aliphatic rings. The van der Waals surface area contributed by atoms with Gasteiger partial charge in [-0.05, 0) is 25.1 Å². The van der Waals surface area contributed by atoms with Crippen molar-refractivity contribution in [2.45, 2.75) is 6.92 Å². The van der Waals surface area contributed by atoms with Crippen LogP contribution in [0.2, 0.25) is 0 Å². The number of rotatable bonds is 2. The average Bonchev–Trinajstić information content (AvgIpc) is 2.31. The highest BCUT2D eigenvalue weighted by atomic mass is 16.5. The first-order valence-electron chi connectivity index (χ1n) is 5.01. The van der Waals surface area contributed by atoms with E-state index in [9.17, 15) is 4.79 Å². The van der Waals surface area contributed by atoms with Crippen molar-refractivity contribution in [3.05, 3.63) is 23.8 Å². The van der Waals surface area contributed by atoms with Crippen LogP contribution >= 0.6 is 0 Å². The molecule has 0 N–H and O–H groups in total. The summed E-state index contributed by atoms with van der Waals surface area (Å²) in [5, 5.41) is 8.77. The van der Waals surface area contributed by atoms with E-state index in [1.165, 1.54) is 6.21 Å². The fourth-order valence-electron chi connectivity index (χ4n) is 1.56. The number of carbonyl (C=O) groups excluding carboxylic acids is 1. The summed E-state index contributed by atoms with van der Waals surface area (Å²) in [6.45, 7) is 2.41. The van der Waals surface area contributed by atoms with Gasteiger partial charge in [0.15, 0.2) is 5.78 Å². The van der Waals surface area contributed by atoms with E-state index in [1.807, 2.05) is 13.0 Å². The molecule has 0 bridgehead atoms. The smallest absolute Gasteiger partial charge is 0.187 e. The molecule has 0 amide bonds. The van der Waals surface area contributed by atoms with Crippen molar-refractivity contribution in [1.29, 1.82) is 5.26 Å². The highest BCUT2D eigenvalue weighted by molar-refractivity contribution is 6.14. The molecule has 1 heterocycles. The quantitative estimate of drug-likeness (QED) is 0.757. The molecule has 16 heavy (non-hydrogen) atoms. The molecular formula is C12H10N2O2. The summed E-state index contributed by atoms with van der Waals surface area (Å²) in [7, 11) is 0. The molecule has 1 aromatic carbocycles. The minimum absolute atomic E-state index is 0.214. The van der Waals surface area contributed by atoms with Gasteiger partial charge in [0.2, 0.25) is 0 Å². The van der Waals surface area contributed by atoms with Crippen LogP contribution in [0.25, 0.3) is 0 Å². The predicted molar refractivity (Wildman–Crippen MR) is 59.2 cm³/mol. The molecule has 0 aromatic heterocycles. The van der Waals surface area contributed by atoms with Crippen molar-refractivity contribution in [1.82, 2.24) is 0 Å². The molecule has 1 aliphatic heterocycles. The average molecular weight is 214 g/mol. The van der Waals surface area contributed by atoms with Gasteiger partial charge in [-0.1, -0.05) is 0 Å². The largest absolute Gasteiger partial charge is 0.494 e. The van der Waals surface area contributed by atoms with Crippen LogP contribution in [0.1, 0.15) is 17.3 Å². The van der Waals surface area contributed by atoms with Gasteiger partial charge < -0.3 is 4.74 Å². The minimum Gasteiger partial charge on any atom is -0.494 e. The zero-order valence-corrected chi connectivity index (χ0v) is 8.80. The Bertz CT molecular complexity index is 500. The third-order valence-corrected chi connectivity index (χ3v) is 2.33. The van der Waals surface area contributed by atoms with Crippen molar-refractivity contribution < 1.29 is 9.53 Å². The molecular weight excluding hydrogens is 204 g/mol. The van der Waals surface area contributed by atoms with Gasteiger partial charge in [-0.25, -0.2) is 0 Å². The van der Waals surface area contributed by atoms with E-state index >= 15 is 0 Å². The number of hydrogen-bond donors (Lipinski definition) is 0. The first kappa shape index (κ1) is 10.4. The van der Waals surface area contributed by atoms with Gasteiger partial charge in [-0.15, -0.1) is 0 Å². The zero-order valence-electron chi connectivity index (χ0n) is 8.80. The maximum absolute atomic E-state index is 11.8. The fraction of sp³-hybridized carbons (Fsp3) is 0.250. The van der Waals surface area contributed by atoms with Gasteiger partial charge in [0, 0.05) is 11.8 Å². The third-order valence-electron chi connectivity index (χ3n) is 2.33. The molecule has 4 nitrogen and oxygen atoms in total. The van der Waals surface area contributed by atoms with Crippen LogP contribution in [0, 0.1) is 17.2 Å². The maximum Gasteiger partial charge on any atom is 0.187 e. The molecule has 4 heteroatoms. The van der Waals surface area contributed by atoms with Crippen molar-refractivity contribution in [3.8, 4) is 11.8 Å². The summed E-state index contributed by atoms with van der Waals surface area (Å²) >= 11 is 0. The Labute approximate surface area is 93.2 Å². The second-order valence-electron chi connectivity index (χ2n) is 3.36. The summed E-state index contributed by atoms with van der Waals surface area (Å²) in [5.74, 6) is -0.359. The van der Waals surface area contributed by atoms with Gasteiger partial charge in [0.1, 0.15) is 11.7 Å². The number of nitrogens with zero attached hydrogens (tertiary/aromatic N) is 2. The number of benzene rings is 1. The molecule has 0 radical (unpaired) electrons. The highest BCUT2D eigenvalue weighted by Crippen LogP contribution is 2.29. The van der Waals surface area contributed by atoms with E-state index in [-0.39, 0.29) is 5.78 Å².